The average molecular weight is 144 g/mol. The number of halogens is 2. The summed E-state index contributed by atoms with van der Waals surface area (Å²) in [4.78, 5) is 10.0. The van der Waals surface area contributed by atoms with Gasteiger partial charge in [0.2, 0.25) is 0 Å². The lowest BCUT2D eigenvalue weighted by molar-refractivity contribution is -0.115. The van der Waals surface area contributed by atoms with Gasteiger partial charge >= 0.3 is 0 Å². The molecule has 0 saturated carbocycles. The molecule has 54 valence electrons. The van der Waals surface area contributed by atoms with Gasteiger partial charge in [-0.15, -0.1) is 0 Å². The highest BCUT2D eigenvalue weighted by Gasteiger charge is 2.27. The summed E-state index contributed by atoms with van der Waals surface area (Å²) in [5.74, 6) is -0.694. The zero-order valence-corrected chi connectivity index (χ0v) is 5.18. The first kappa shape index (κ1) is 7.12. The molecule has 0 amide bonds. The second-order valence-corrected chi connectivity index (χ2v) is 2.18. The lowest BCUT2D eigenvalue weighted by Gasteiger charge is -2.13. The van der Waals surface area contributed by atoms with E-state index in [4.69, 9.17) is 0 Å². The summed E-state index contributed by atoms with van der Waals surface area (Å²) >= 11 is 0. The van der Waals surface area contributed by atoms with Crippen molar-refractivity contribution in [2.75, 3.05) is 0 Å². The van der Waals surface area contributed by atoms with Crippen molar-refractivity contribution in [1.82, 2.24) is 0 Å². The number of allylic oxidation sites excluding steroid dienone is 4. The Balaban J connectivity index is 2.86. The van der Waals surface area contributed by atoms with Crippen LogP contribution in [0.15, 0.2) is 24.1 Å². The summed E-state index contributed by atoms with van der Waals surface area (Å²) in [6.45, 7) is 0. The van der Waals surface area contributed by atoms with E-state index in [0.29, 0.717) is 6.08 Å². The maximum atomic E-state index is 12.8. The fourth-order valence-electron chi connectivity index (χ4n) is 0.771. The smallest absolute Gasteiger partial charge is 0.190 e. The van der Waals surface area contributed by atoms with Crippen molar-refractivity contribution in [3.63, 3.8) is 0 Å². The number of carbonyl (C=O) groups is 1. The number of aldehydes is 1. The normalized spacial score (nSPS) is 31.6. The van der Waals surface area contributed by atoms with E-state index in [-0.39, 0.29) is 12.7 Å². The standard InChI is InChI=1S/C7H6F2O/c8-6-2-1-3-7(9,4-6)5-10/h1-2,4-5H,3H2. The van der Waals surface area contributed by atoms with Gasteiger partial charge in [0.05, 0.1) is 0 Å². The molecule has 1 unspecified atom stereocenters. The molecule has 1 atom stereocenters. The summed E-state index contributed by atoms with van der Waals surface area (Å²) < 4.78 is 25.1. The maximum absolute atomic E-state index is 12.8. The van der Waals surface area contributed by atoms with Crippen molar-refractivity contribution in [3.05, 3.63) is 24.1 Å². The minimum absolute atomic E-state index is 0.0656. The van der Waals surface area contributed by atoms with Gasteiger partial charge in [0.1, 0.15) is 5.83 Å². The van der Waals surface area contributed by atoms with Gasteiger partial charge in [0, 0.05) is 6.42 Å². The van der Waals surface area contributed by atoms with Gasteiger partial charge in [-0.1, -0.05) is 6.08 Å². The molecule has 0 radical (unpaired) electrons. The van der Waals surface area contributed by atoms with Crippen molar-refractivity contribution >= 4 is 6.29 Å². The molecule has 10 heavy (non-hydrogen) atoms. The van der Waals surface area contributed by atoms with Crippen LogP contribution in [0.5, 0.6) is 0 Å². The number of alkyl halides is 1. The largest absolute Gasteiger partial charge is 0.299 e. The first-order chi connectivity index (χ1) is 4.66. The van der Waals surface area contributed by atoms with Crippen LogP contribution >= 0.6 is 0 Å². The number of hydrogen-bond acceptors (Lipinski definition) is 1. The Morgan fingerprint density at radius 3 is 2.80 bits per heavy atom. The number of hydrogen-bond donors (Lipinski definition) is 0. The van der Waals surface area contributed by atoms with Crippen molar-refractivity contribution in [3.8, 4) is 0 Å². The molecule has 1 aliphatic carbocycles. The fraction of sp³-hybridized carbons (Fsp3) is 0.286. The first-order valence-corrected chi connectivity index (χ1v) is 2.86. The molecule has 0 aliphatic heterocycles. The minimum Gasteiger partial charge on any atom is -0.299 e. The van der Waals surface area contributed by atoms with Crippen molar-refractivity contribution in [1.29, 1.82) is 0 Å². The molecule has 0 fully saturated rings. The molecule has 0 aromatic carbocycles. The summed E-state index contributed by atoms with van der Waals surface area (Å²) in [5.41, 5.74) is -2.11. The van der Waals surface area contributed by atoms with E-state index in [2.05, 4.69) is 0 Å². The Morgan fingerprint density at radius 2 is 2.40 bits per heavy atom. The van der Waals surface area contributed by atoms with Gasteiger partial charge < -0.3 is 0 Å². The summed E-state index contributed by atoms with van der Waals surface area (Å²) in [7, 11) is 0. The van der Waals surface area contributed by atoms with Crippen LogP contribution in [0, 0.1) is 0 Å². The van der Waals surface area contributed by atoms with Crippen LogP contribution < -0.4 is 0 Å². The second kappa shape index (κ2) is 2.33. The van der Waals surface area contributed by atoms with Crippen molar-refractivity contribution in [2.24, 2.45) is 0 Å². The van der Waals surface area contributed by atoms with Crippen molar-refractivity contribution < 1.29 is 13.6 Å². The molecule has 3 heteroatoms. The van der Waals surface area contributed by atoms with E-state index in [1.807, 2.05) is 0 Å². The predicted molar refractivity (Wildman–Crippen MR) is 32.9 cm³/mol. The van der Waals surface area contributed by atoms with E-state index in [1.165, 1.54) is 6.08 Å². The van der Waals surface area contributed by atoms with E-state index < -0.39 is 11.5 Å². The lowest BCUT2D eigenvalue weighted by atomic mass is 9.99. The van der Waals surface area contributed by atoms with Gasteiger partial charge in [0.25, 0.3) is 0 Å². The average Bonchev–Trinajstić information content (AvgIpc) is 1.88. The van der Waals surface area contributed by atoms with Gasteiger partial charge in [-0.2, -0.15) is 0 Å². The number of rotatable bonds is 1. The van der Waals surface area contributed by atoms with E-state index >= 15 is 0 Å². The van der Waals surface area contributed by atoms with Crippen LogP contribution in [0.25, 0.3) is 0 Å². The van der Waals surface area contributed by atoms with Crippen LogP contribution in [0.4, 0.5) is 8.78 Å². The SMILES string of the molecule is O=CC1(F)C=C(F)C=CC1. The maximum Gasteiger partial charge on any atom is 0.190 e. The molecule has 0 aromatic rings. The van der Waals surface area contributed by atoms with Crippen LogP contribution in [0.2, 0.25) is 0 Å². The van der Waals surface area contributed by atoms with Crippen LogP contribution in [0.1, 0.15) is 6.42 Å². The Kier molecular flexibility index (Phi) is 1.66. The highest BCUT2D eigenvalue weighted by Crippen LogP contribution is 2.23. The zero-order valence-electron chi connectivity index (χ0n) is 5.18. The lowest BCUT2D eigenvalue weighted by Crippen LogP contribution is -2.22. The first-order valence-electron chi connectivity index (χ1n) is 2.86. The molecular weight excluding hydrogens is 138 g/mol. The zero-order chi connectivity index (χ0) is 7.61. The van der Waals surface area contributed by atoms with Crippen molar-refractivity contribution in [2.45, 2.75) is 12.1 Å². The molecule has 1 aliphatic rings. The highest BCUT2D eigenvalue weighted by atomic mass is 19.1. The molecule has 0 saturated heterocycles. The third-order valence-corrected chi connectivity index (χ3v) is 1.28. The Hall–Kier alpha value is -0.990. The molecule has 0 N–H and O–H groups in total. The monoisotopic (exact) mass is 144 g/mol. The highest BCUT2D eigenvalue weighted by molar-refractivity contribution is 5.67. The van der Waals surface area contributed by atoms with Crippen LogP contribution in [0.3, 0.4) is 0 Å². The third kappa shape index (κ3) is 1.29. The molecular formula is C7H6F2O. The van der Waals surface area contributed by atoms with Crippen LogP contribution in [-0.2, 0) is 4.79 Å². The minimum atomic E-state index is -2.11. The number of carbonyl (C=O) groups excluding carboxylic acids is 1. The molecule has 0 bridgehead atoms. The van der Waals surface area contributed by atoms with E-state index in [1.54, 1.807) is 0 Å². The molecule has 0 aromatic heterocycles. The molecule has 1 nitrogen and oxygen atoms in total. The van der Waals surface area contributed by atoms with Gasteiger partial charge in [-0.3, -0.25) is 4.79 Å². The Labute approximate surface area is 57.0 Å². The summed E-state index contributed by atoms with van der Waals surface area (Å²) in [5, 5.41) is 0. The Morgan fingerprint density at radius 1 is 1.70 bits per heavy atom. The second-order valence-electron chi connectivity index (χ2n) is 2.18. The van der Waals surface area contributed by atoms with E-state index in [9.17, 15) is 13.6 Å². The summed E-state index contributed by atoms with van der Waals surface area (Å²) in [6, 6.07) is 0. The third-order valence-electron chi connectivity index (χ3n) is 1.28. The predicted octanol–water partition coefficient (Wildman–Crippen LogP) is 1.71. The summed E-state index contributed by atoms with van der Waals surface area (Å²) in [6.07, 6.45) is 3.16. The van der Waals surface area contributed by atoms with Gasteiger partial charge in [-0.05, 0) is 12.2 Å². The topological polar surface area (TPSA) is 17.1 Å². The molecule has 0 heterocycles. The Bertz CT molecular complexity index is 208. The van der Waals surface area contributed by atoms with E-state index in [0.717, 1.165) is 6.08 Å². The quantitative estimate of drug-likeness (QED) is 0.512. The fourth-order valence-corrected chi connectivity index (χ4v) is 0.771. The van der Waals surface area contributed by atoms with Gasteiger partial charge in [0.15, 0.2) is 12.0 Å². The van der Waals surface area contributed by atoms with Gasteiger partial charge in [-0.25, -0.2) is 8.78 Å². The molecule has 0 spiro atoms. The van der Waals surface area contributed by atoms with Crippen LogP contribution in [-0.4, -0.2) is 12.0 Å². The molecule has 1 rings (SSSR count).